The number of hydrogen-bond acceptors (Lipinski definition) is 5. The van der Waals surface area contributed by atoms with Crippen LogP contribution >= 0.6 is 0 Å². The van der Waals surface area contributed by atoms with E-state index >= 15 is 0 Å². The second-order valence-electron chi connectivity index (χ2n) is 2.47. The Bertz CT molecular complexity index is 238. The van der Waals surface area contributed by atoms with Crippen molar-refractivity contribution < 1.29 is 32.7 Å². The van der Waals surface area contributed by atoms with E-state index in [0.717, 1.165) is 0 Å². The summed E-state index contributed by atoms with van der Waals surface area (Å²) >= 11 is -2.50. The molecule has 7 nitrogen and oxygen atoms in total. The molecule has 0 aromatic carbocycles. The number of carboxylic acids is 1. The Labute approximate surface area is 82.2 Å². The van der Waals surface area contributed by atoms with E-state index < -0.39 is 48.7 Å². The molecule has 2 unspecified atom stereocenters. The van der Waals surface area contributed by atoms with Gasteiger partial charge in [-0.2, -0.15) is 4.21 Å². The molecule has 0 saturated heterocycles. The Morgan fingerprint density at radius 3 is 2.43 bits per heavy atom. The van der Waals surface area contributed by atoms with Crippen LogP contribution in [0.4, 0.5) is 0 Å². The zero-order valence-electron chi connectivity index (χ0n) is 7.08. The van der Waals surface area contributed by atoms with Gasteiger partial charge in [0.1, 0.15) is 12.2 Å². The summed E-state index contributed by atoms with van der Waals surface area (Å²) in [7, 11) is 0. The molecule has 14 heavy (non-hydrogen) atoms. The molecule has 0 aliphatic carbocycles. The minimum Gasteiger partial charge on any atom is -0.481 e. The highest BCUT2D eigenvalue weighted by Gasteiger charge is 2.14. The van der Waals surface area contributed by atoms with E-state index in [-0.39, 0.29) is 0 Å². The van der Waals surface area contributed by atoms with Gasteiger partial charge in [0.05, 0.1) is 12.7 Å². The second kappa shape index (κ2) is 6.60. The average molecular weight is 226 g/mol. The average Bonchev–Trinajstić information content (AvgIpc) is 1.98. The highest BCUT2D eigenvalue weighted by atomic mass is 32.2. The van der Waals surface area contributed by atoms with Crippen molar-refractivity contribution in [1.82, 2.24) is 0 Å². The lowest BCUT2D eigenvalue weighted by molar-refractivity contribution is -0.140. The topological polar surface area (TPSA) is 121 Å². The molecule has 0 heterocycles. The summed E-state index contributed by atoms with van der Waals surface area (Å²) in [5.41, 5.74) is 0. The van der Waals surface area contributed by atoms with Gasteiger partial charge in [-0.3, -0.25) is 18.3 Å². The van der Waals surface area contributed by atoms with Gasteiger partial charge in [0, 0.05) is 6.42 Å². The van der Waals surface area contributed by atoms with Crippen molar-refractivity contribution in [3.8, 4) is 0 Å². The number of carboxylic acid groups (broad SMARTS) is 1. The summed E-state index contributed by atoms with van der Waals surface area (Å²) in [4.78, 5) is 20.8. The summed E-state index contributed by atoms with van der Waals surface area (Å²) in [5.74, 6) is -1.95. The molecule has 0 fully saturated rings. The maximum atomic E-state index is 10.8. The molecule has 0 amide bonds. The lowest BCUT2D eigenvalue weighted by Crippen LogP contribution is -2.21. The Balaban J connectivity index is 3.71. The normalized spacial score (nSPS) is 14.7. The van der Waals surface area contributed by atoms with Crippen LogP contribution in [0.1, 0.15) is 12.8 Å². The fourth-order valence-electron chi connectivity index (χ4n) is 0.699. The highest BCUT2D eigenvalue weighted by Crippen LogP contribution is 1.98. The quantitative estimate of drug-likeness (QED) is 0.373. The summed E-state index contributed by atoms with van der Waals surface area (Å²) < 4.78 is 22.2. The van der Waals surface area contributed by atoms with Gasteiger partial charge >= 0.3 is 17.3 Å². The molecular formula is C6H10O7S. The molecule has 82 valence electrons. The summed E-state index contributed by atoms with van der Waals surface area (Å²) in [6, 6.07) is 0. The van der Waals surface area contributed by atoms with Crippen LogP contribution < -0.4 is 0 Å². The first kappa shape index (κ1) is 13.2. The van der Waals surface area contributed by atoms with Gasteiger partial charge in [-0.25, -0.2) is 0 Å². The Morgan fingerprint density at radius 2 is 2.00 bits per heavy atom. The zero-order valence-corrected chi connectivity index (χ0v) is 7.90. The summed E-state index contributed by atoms with van der Waals surface area (Å²) in [5, 5.41) is 17.2. The minimum absolute atomic E-state index is 0.413. The largest absolute Gasteiger partial charge is 0.481 e. The number of carbonyl (C=O) groups excluding carboxylic acids is 1. The standard InChI is InChI=1S/C6H10O7S/c7-4(2-6(9)10)1-5(8)3-13-14(11)12/h5,8H,1-3H2,(H,9,10)(H,11,12). The minimum atomic E-state index is -2.50. The van der Waals surface area contributed by atoms with E-state index in [1.165, 1.54) is 0 Å². The van der Waals surface area contributed by atoms with Crippen molar-refractivity contribution in [3.05, 3.63) is 0 Å². The van der Waals surface area contributed by atoms with Crippen molar-refractivity contribution in [1.29, 1.82) is 0 Å². The van der Waals surface area contributed by atoms with Crippen LogP contribution in [0.2, 0.25) is 0 Å². The number of aliphatic hydroxyl groups is 1. The Hall–Kier alpha value is -0.830. The lowest BCUT2D eigenvalue weighted by Gasteiger charge is -2.06. The molecule has 0 bridgehead atoms. The lowest BCUT2D eigenvalue weighted by atomic mass is 10.1. The number of aliphatic hydroxyl groups excluding tert-OH is 1. The monoisotopic (exact) mass is 226 g/mol. The molecule has 0 saturated carbocycles. The predicted molar refractivity (Wildman–Crippen MR) is 44.6 cm³/mol. The molecule has 0 spiro atoms. The summed E-state index contributed by atoms with van der Waals surface area (Å²) in [6.07, 6.45) is -2.36. The molecule has 3 N–H and O–H groups in total. The number of rotatable bonds is 7. The predicted octanol–water partition coefficient (Wildman–Crippen LogP) is -1.07. The molecule has 0 aliphatic heterocycles. The third-order valence-corrected chi connectivity index (χ3v) is 1.51. The zero-order chi connectivity index (χ0) is 11.1. The van der Waals surface area contributed by atoms with Gasteiger partial charge in [-0.05, 0) is 0 Å². The van der Waals surface area contributed by atoms with E-state index in [4.69, 9.17) is 14.8 Å². The van der Waals surface area contributed by atoms with E-state index in [1.54, 1.807) is 0 Å². The smallest absolute Gasteiger partial charge is 0.310 e. The van der Waals surface area contributed by atoms with Crippen LogP contribution in [0.3, 0.4) is 0 Å². The van der Waals surface area contributed by atoms with Crippen molar-refractivity contribution in [2.24, 2.45) is 0 Å². The van der Waals surface area contributed by atoms with Gasteiger partial charge in [-0.15, -0.1) is 0 Å². The molecule has 0 aromatic rings. The van der Waals surface area contributed by atoms with Crippen LogP contribution in [-0.2, 0) is 25.1 Å². The molecule has 0 aromatic heterocycles. The van der Waals surface area contributed by atoms with Crippen LogP contribution in [0, 0.1) is 0 Å². The van der Waals surface area contributed by atoms with E-state index in [9.17, 15) is 13.8 Å². The SMILES string of the molecule is O=C(O)CC(=O)CC(O)COS(=O)O. The first-order valence-electron chi connectivity index (χ1n) is 3.57. The molecule has 8 heteroatoms. The third kappa shape index (κ3) is 7.80. The van der Waals surface area contributed by atoms with Crippen LogP contribution in [-0.4, -0.2) is 43.4 Å². The van der Waals surface area contributed by atoms with Gasteiger partial charge < -0.3 is 10.2 Å². The molecule has 0 rings (SSSR count). The van der Waals surface area contributed by atoms with Crippen molar-refractivity contribution >= 4 is 23.1 Å². The van der Waals surface area contributed by atoms with Crippen molar-refractivity contribution in [2.75, 3.05) is 6.61 Å². The number of ketones is 1. The van der Waals surface area contributed by atoms with Gasteiger partial charge in [0.15, 0.2) is 0 Å². The third-order valence-electron chi connectivity index (χ3n) is 1.17. The molecule has 0 aliphatic rings. The van der Waals surface area contributed by atoms with E-state index in [2.05, 4.69) is 4.18 Å². The van der Waals surface area contributed by atoms with Gasteiger partial charge in [0.25, 0.3) is 0 Å². The molecule has 2 atom stereocenters. The maximum Gasteiger partial charge on any atom is 0.310 e. The first-order chi connectivity index (χ1) is 6.41. The number of hydrogen-bond donors (Lipinski definition) is 3. The highest BCUT2D eigenvalue weighted by molar-refractivity contribution is 7.74. The molecule has 0 radical (unpaired) electrons. The number of aliphatic carboxylic acids is 1. The van der Waals surface area contributed by atoms with E-state index in [0.29, 0.717) is 0 Å². The van der Waals surface area contributed by atoms with Gasteiger partial charge in [0.2, 0.25) is 0 Å². The van der Waals surface area contributed by atoms with E-state index in [1.807, 2.05) is 0 Å². The van der Waals surface area contributed by atoms with Gasteiger partial charge in [-0.1, -0.05) is 0 Å². The van der Waals surface area contributed by atoms with Crippen LogP contribution in [0.25, 0.3) is 0 Å². The van der Waals surface area contributed by atoms with Crippen molar-refractivity contribution in [2.45, 2.75) is 18.9 Å². The first-order valence-corrected chi connectivity index (χ1v) is 4.60. The number of carbonyl (C=O) groups is 2. The maximum absolute atomic E-state index is 10.8. The fourth-order valence-corrected chi connectivity index (χ4v) is 0.973. The Kier molecular flexibility index (Phi) is 6.21. The number of Topliss-reactive ketones (excluding diaryl/α,β-unsaturated/α-hetero) is 1. The molecular weight excluding hydrogens is 216 g/mol. The fraction of sp³-hybridized carbons (Fsp3) is 0.667. The second-order valence-corrected chi connectivity index (χ2v) is 3.14. The van der Waals surface area contributed by atoms with Crippen LogP contribution in [0.5, 0.6) is 0 Å². The summed E-state index contributed by atoms with van der Waals surface area (Å²) in [6.45, 7) is -0.492. The Morgan fingerprint density at radius 1 is 1.43 bits per heavy atom. The van der Waals surface area contributed by atoms with Crippen molar-refractivity contribution in [3.63, 3.8) is 0 Å². The van der Waals surface area contributed by atoms with Crippen LogP contribution in [0.15, 0.2) is 0 Å².